The van der Waals surface area contributed by atoms with Crippen molar-refractivity contribution in [3.8, 4) is 0 Å². The zero-order valence-electron chi connectivity index (χ0n) is 9.38. The number of hydrogen-bond acceptors (Lipinski definition) is 4. The lowest BCUT2D eigenvalue weighted by Gasteiger charge is -2.17. The molecule has 96 valence electrons. The quantitative estimate of drug-likeness (QED) is 0.680. The van der Waals surface area contributed by atoms with Gasteiger partial charge >= 0.3 is 0 Å². The van der Waals surface area contributed by atoms with Crippen LogP contribution >= 0.6 is 15.9 Å². The third kappa shape index (κ3) is 2.37. The number of carbonyl (C=O) groups excluding carboxylic acids is 1. The molecule has 1 saturated heterocycles. The van der Waals surface area contributed by atoms with E-state index in [0.717, 1.165) is 0 Å². The molecule has 6 nitrogen and oxygen atoms in total. The highest BCUT2D eigenvalue weighted by Gasteiger charge is 2.31. The third-order valence-corrected chi connectivity index (χ3v) is 3.53. The summed E-state index contributed by atoms with van der Waals surface area (Å²) in [6.07, 6.45) is 0.305. The van der Waals surface area contributed by atoms with E-state index in [4.69, 9.17) is 5.11 Å². The molecule has 0 aliphatic carbocycles. The summed E-state index contributed by atoms with van der Waals surface area (Å²) in [5.74, 6) is -0.150. The van der Waals surface area contributed by atoms with Crippen LogP contribution in [0.2, 0.25) is 0 Å². The minimum Gasteiger partial charge on any atom is -0.396 e. The predicted molar refractivity (Wildman–Crippen MR) is 68.3 cm³/mol. The molecule has 1 aliphatic rings. The zero-order valence-corrected chi connectivity index (χ0v) is 11.0. The number of aliphatic hydroxyl groups excluding tert-OH is 1. The molecule has 0 saturated carbocycles. The first kappa shape index (κ1) is 13.0. The van der Waals surface area contributed by atoms with Crippen LogP contribution in [0.1, 0.15) is 6.42 Å². The number of non-ortho nitro benzene ring substituents is 1. The van der Waals surface area contributed by atoms with Crippen molar-refractivity contribution in [3.05, 3.63) is 32.8 Å². The molecule has 0 bridgehead atoms. The predicted octanol–water partition coefficient (Wildman–Crippen LogP) is 1.70. The van der Waals surface area contributed by atoms with Crippen molar-refractivity contribution in [2.45, 2.75) is 6.42 Å². The molecule has 1 amide bonds. The van der Waals surface area contributed by atoms with E-state index >= 15 is 0 Å². The molecule has 18 heavy (non-hydrogen) atoms. The van der Waals surface area contributed by atoms with Gasteiger partial charge in [-0.15, -0.1) is 0 Å². The molecule has 7 heteroatoms. The van der Waals surface area contributed by atoms with Gasteiger partial charge in [0.2, 0.25) is 5.91 Å². The van der Waals surface area contributed by atoms with Crippen LogP contribution in [0.25, 0.3) is 0 Å². The van der Waals surface area contributed by atoms with Crippen molar-refractivity contribution in [1.82, 2.24) is 0 Å². The number of carbonyl (C=O) groups is 1. The molecule has 2 rings (SSSR count). The van der Waals surface area contributed by atoms with Crippen LogP contribution in [0.4, 0.5) is 11.4 Å². The molecular formula is C11H11BrN2O4. The number of nitro benzene ring substituents is 1. The summed E-state index contributed by atoms with van der Waals surface area (Å²) >= 11 is 3.23. The lowest BCUT2D eigenvalue weighted by atomic mass is 10.1. The van der Waals surface area contributed by atoms with E-state index in [-0.39, 0.29) is 24.1 Å². The second-order valence-corrected chi connectivity index (χ2v) is 5.00. The van der Waals surface area contributed by atoms with Gasteiger partial charge in [-0.25, -0.2) is 0 Å². The maximum atomic E-state index is 11.8. The van der Waals surface area contributed by atoms with Gasteiger partial charge in [0.25, 0.3) is 5.69 Å². The van der Waals surface area contributed by atoms with E-state index in [0.29, 0.717) is 23.1 Å². The molecule has 1 heterocycles. The highest BCUT2D eigenvalue weighted by molar-refractivity contribution is 9.10. The first-order valence-corrected chi connectivity index (χ1v) is 6.17. The first-order valence-electron chi connectivity index (χ1n) is 5.38. The fraction of sp³-hybridized carbons (Fsp3) is 0.364. The molecular weight excluding hydrogens is 304 g/mol. The van der Waals surface area contributed by atoms with E-state index in [2.05, 4.69) is 15.9 Å². The Labute approximate surface area is 111 Å². The Hall–Kier alpha value is -1.47. The van der Waals surface area contributed by atoms with Crippen LogP contribution in [-0.2, 0) is 4.79 Å². The molecule has 0 radical (unpaired) electrons. The molecule has 1 aromatic carbocycles. The lowest BCUT2D eigenvalue weighted by Crippen LogP contribution is -2.25. The summed E-state index contributed by atoms with van der Waals surface area (Å²) in [4.78, 5) is 23.4. The van der Waals surface area contributed by atoms with Gasteiger partial charge in [0.1, 0.15) is 0 Å². The lowest BCUT2D eigenvalue weighted by molar-refractivity contribution is -0.384. The van der Waals surface area contributed by atoms with Gasteiger partial charge in [-0.3, -0.25) is 14.9 Å². The normalized spacial score (nSPS) is 19.3. The van der Waals surface area contributed by atoms with Crippen molar-refractivity contribution in [1.29, 1.82) is 0 Å². The summed E-state index contributed by atoms with van der Waals surface area (Å²) in [5, 5.41) is 19.7. The maximum Gasteiger partial charge on any atom is 0.270 e. The van der Waals surface area contributed by atoms with Crippen molar-refractivity contribution in [3.63, 3.8) is 0 Å². The maximum absolute atomic E-state index is 11.8. The Kier molecular flexibility index (Phi) is 3.63. The fourth-order valence-corrected chi connectivity index (χ4v) is 2.55. The number of amides is 1. The topological polar surface area (TPSA) is 83.7 Å². The van der Waals surface area contributed by atoms with E-state index < -0.39 is 4.92 Å². The van der Waals surface area contributed by atoms with Crippen molar-refractivity contribution >= 4 is 33.2 Å². The zero-order chi connectivity index (χ0) is 13.3. The molecule has 1 unspecified atom stereocenters. The van der Waals surface area contributed by atoms with E-state index in [1.807, 2.05) is 0 Å². The number of aliphatic hydroxyl groups is 1. The standard InChI is InChI=1S/C11H11BrN2O4/c12-9-4-8(14(17)18)1-2-10(9)13-5-7(6-15)3-11(13)16/h1-2,4,7,15H,3,5-6H2. The molecule has 0 aromatic heterocycles. The van der Waals surface area contributed by atoms with Gasteiger partial charge in [-0.2, -0.15) is 0 Å². The van der Waals surface area contributed by atoms with E-state index in [1.165, 1.54) is 17.0 Å². The Morgan fingerprint density at radius 3 is 2.78 bits per heavy atom. The summed E-state index contributed by atoms with van der Waals surface area (Å²) in [6.45, 7) is 0.401. The van der Waals surface area contributed by atoms with Crippen LogP contribution < -0.4 is 4.90 Å². The minimum absolute atomic E-state index is 0.0315. The van der Waals surface area contributed by atoms with Gasteiger partial charge in [-0.1, -0.05) is 0 Å². The van der Waals surface area contributed by atoms with E-state index in [1.54, 1.807) is 6.07 Å². The van der Waals surface area contributed by atoms with Gasteiger partial charge in [0, 0.05) is 42.1 Å². The van der Waals surface area contributed by atoms with Gasteiger partial charge in [0.15, 0.2) is 0 Å². The van der Waals surface area contributed by atoms with Gasteiger partial charge < -0.3 is 10.0 Å². The van der Waals surface area contributed by atoms with Crippen LogP contribution in [0, 0.1) is 16.0 Å². The summed E-state index contributed by atoms with van der Waals surface area (Å²) < 4.78 is 0.503. The number of anilines is 1. The van der Waals surface area contributed by atoms with Gasteiger partial charge in [-0.05, 0) is 22.0 Å². The minimum atomic E-state index is -0.489. The fourth-order valence-electron chi connectivity index (χ4n) is 1.96. The van der Waals surface area contributed by atoms with Crippen LogP contribution in [0.15, 0.2) is 22.7 Å². The van der Waals surface area contributed by atoms with Crippen LogP contribution in [0.3, 0.4) is 0 Å². The highest BCUT2D eigenvalue weighted by atomic mass is 79.9. The van der Waals surface area contributed by atoms with Crippen molar-refractivity contribution in [2.75, 3.05) is 18.1 Å². The largest absolute Gasteiger partial charge is 0.396 e. The second kappa shape index (κ2) is 5.03. The molecule has 1 fully saturated rings. The van der Waals surface area contributed by atoms with Crippen molar-refractivity contribution in [2.24, 2.45) is 5.92 Å². The molecule has 1 N–H and O–H groups in total. The Morgan fingerprint density at radius 2 is 2.28 bits per heavy atom. The van der Waals surface area contributed by atoms with Gasteiger partial charge in [0.05, 0.1) is 10.6 Å². The van der Waals surface area contributed by atoms with Crippen LogP contribution in [-0.4, -0.2) is 29.1 Å². The number of nitro groups is 1. The number of benzene rings is 1. The average molecular weight is 315 g/mol. The molecule has 1 aromatic rings. The molecule has 0 spiro atoms. The Balaban J connectivity index is 2.29. The van der Waals surface area contributed by atoms with E-state index in [9.17, 15) is 14.9 Å². The third-order valence-electron chi connectivity index (χ3n) is 2.90. The SMILES string of the molecule is O=C1CC(CO)CN1c1ccc([N+](=O)[O-])cc1Br. The average Bonchev–Trinajstić information content (AvgIpc) is 2.70. The summed E-state index contributed by atoms with van der Waals surface area (Å²) in [7, 11) is 0. The number of rotatable bonds is 3. The first-order chi connectivity index (χ1) is 8.52. The summed E-state index contributed by atoms with van der Waals surface area (Å²) in [6, 6.07) is 4.27. The monoisotopic (exact) mass is 314 g/mol. The number of hydrogen-bond donors (Lipinski definition) is 1. The Morgan fingerprint density at radius 1 is 1.56 bits per heavy atom. The Bertz CT molecular complexity index is 506. The van der Waals surface area contributed by atoms with Crippen LogP contribution in [0.5, 0.6) is 0 Å². The molecule has 1 aliphatic heterocycles. The van der Waals surface area contributed by atoms with Crippen molar-refractivity contribution < 1.29 is 14.8 Å². The smallest absolute Gasteiger partial charge is 0.270 e. The number of nitrogens with zero attached hydrogens (tertiary/aromatic N) is 2. The molecule has 1 atom stereocenters. The summed E-state index contributed by atoms with van der Waals surface area (Å²) in [5.41, 5.74) is 0.567. The highest BCUT2D eigenvalue weighted by Crippen LogP contribution is 2.33. The second-order valence-electron chi connectivity index (χ2n) is 4.15. The number of halogens is 1.